The summed E-state index contributed by atoms with van der Waals surface area (Å²) in [5, 5.41) is 2.71. The summed E-state index contributed by atoms with van der Waals surface area (Å²) in [7, 11) is 3.41. The molecule has 3 aromatic rings. The Morgan fingerprint density at radius 3 is 2.54 bits per heavy atom. The number of benzene rings is 2. The molecule has 2 aromatic carbocycles. The number of rotatable bonds is 4. The van der Waals surface area contributed by atoms with Crippen molar-refractivity contribution < 1.29 is 9.18 Å². The van der Waals surface area contributed by atoms with E-state index in [4.69, 9.17) is 0 Å². The Kier molecular flexibility index (Phi) is 4.20. The van der Waals surface area contributed by atoms with E-state index < -0.39 is 0 Å². The topological polar surface area (TPSA) is 56.0 Å². The first-order valence-electron chi connectivity index (χ1n) is 7.62. The van der Waals surface area contributed by atoms with E-state index in [0.717, 1.165) is 16.6 Å². The van der Waals surface area contributed by atoms with Crippen LogP contribution >= 0.6 is 0 Å². The Morgan fingerprint density at radius 2 is 1.79 bits per heavy atom. The summed E-state index contributed by atoms with van der Waals surface area (Å²) in [5.41, 5.74) is 2.74. The zero-order valence-electron chi connectivity index (χ0n) is 13.5. The van der Waals surface area contributed by atoms with Crippen LogP contribution in [0.25, 0.3) is 11.0 Å². The molecule has 1 amide bonds. The second-order valence-corrected chi connectivity index (χ2v) is 5.77. The van der Waals surface area contributed by atoms with Crippen molar-refractivity contribution in [1.29, 1.82) is 0 Å². The van der Waals surface area contributed by atoms with Crippen LogP contribution in [-0.4, -0.2) is 15.0 Å². The smallest absolute Gasteiger partial charge is 0.328 e. The minimum atomic E-state index is -0.335. The highest BCUT2D eigenvalue weighted by Crippen LogP contribution is 2.14. The van der Waals surface area contributed by atoms with Gasteiger partial charge in [-0.15, -0.1) is 0 Å². The molecule has 0 bridgehead atoms. The Labute approximate surface area is 138 Å². The molecule has 0 saturated heterocycles. The first-order chi connectivity index (χ1) is 11.5. The maximum atomic E-state index is 13.5. The van der Waals surface area contributed by atoms with E-state index in [1.165, 1.54) is 6.07 Å². The molecule has 1 heterocycles. The number of amides is 1. The lowest BCUT2D eigenvalue weighted by Crippen LogP contribution is -2.25. The van der Waals surface area contributed by atoms with E-state index in [0.29, 0.717) is 5.56 Å². The van der Waals surface area contributed by atoms with Crippen LogP contribution in [0.15, 0.2) is 47.3 Å². The highest BCUT2D eigenvalue weighted by atomic mass is 19.1. The lowest BCUT2D eigenvalue weighted by atomic mass is 10.1. The summed E-state index contributed by atoms with van der Waals surface area (Å²) in [6, 6.07) is 11.8. The van der Waals surface area contributed by atoms with Crippen LogP contribution in [0.4, 0.5) is 4.39 Å². The number of nitrogens with one attached hydrogen (secondary N) is 1. The molecule has 0 spiro atoms. The first kappa shape index (κ1) is 16.0. The lowest BCUT2D eigenvalue weighted by Gasteiger charge is -2.07. The fourth-order valence-electron chi connectivity index (χ4n) is 2.75. The van der Waals surface area contributed by atoms with Gasteiger partial charge in [0.1, 0.15) is 5.82 Å². The molecule has 5 nitrogen and oxygen atoms in total. The lowest BCUT2D eigenvalue weighted by molar-refractivity contribution is -0.120. The number of carbonyl (C=O) groups is 1. The van der Waals surface area contributed by atoms with Gasteiger partial charge < -0.3 is 5.32 Å². The number of nitrogens with zero attached hydrogens (tertiary/aromatic N) is 2. The van der Waals surface area contributed by atoms with Gasteiger partial charge in [0.05, 0.1) is 17.5 Å². The van der Waals surface area contributed by atoms with Crippen LogP contribution in [0.1, 0.15) is 11.1 Å². The third kappa shape index (κ3) is 2.95. The number of aromatic nitrogens is 2. The fraction of sp³-hybridized carbons (Fsp3) is 0.222. The zero-order chi connectivity index (χ0) is 17.3. The SMILES string of the molecule is Cn1c(=O)n(C)c2cc(CC(=O)NCc3ccccc3F)ccc21. The van der Waals surface area contributed by atoms with Crippen molar-refractivity contribution in [1.82, 2.24) is 14.5 Å². The number of hydrogen-bond donors (Lipinski definition) is 1. The Balaban J connectivity index is 1.73. The van der Waals surface area contributed by atoms with Crippen LogP contribution in [0.3, 0.4) is 0 Å². The minimum absolute atomic E-state index is 0.105. The molecule has 0 saturated carbocycles. The number of fused-ring (bicyclic) bond motifs is 1. The number of halogens is 1. The summed E-state index contributed by atoms with van der Waals surface area (Å²) >= 11 is 0. The molecule has 0 aliphatic rings. The second kappa shape index (κ2) is 6.31. The number of aryl methyl sites for hydroxylation is 2. The maximum Gasteiger partial charge on any atom is 0.328 e. The van der Waals surface area contributed by atoms with Crippen LogP contribution in [0.5, 0.6) is 0 Å². The predicted molar refractivity (Wildman–Crippen MR) is 90.1 cm³/mol. The van der Waals surface area contributed by atoms with E-state index in [-0.39, 0.29) is 30.4 Å². The van der Waals surface area contributed by atoms with Crippen molar-refractivity contribution in [2.24, 2.45) is 14.1 Å². The van der Waals surface area contributed by atoms with E-state index in [1.54, 1.807) is 41.4 Å². The molecule has 24 heavy (non-hydrogen) atoms. The molecule has 0 unspecified atom stereocenters. The second-order valence-electron chi connectivity index (χ2n) is 5.77. The Morgan fingerprint density at radius 1 is 1.08 bits per heavy atom. The quantitative estimate of drug-likeness (QED) is 0.795. The Hall–Kier alpha value is -2.89. The molecular weight excluding hydrogens is 309 g/mol. The summed E-state index contributed by atoms with van der Waals surface area (Å²) in [6.07, 6.45) is 0.174. The number of imidazole rings is 1. The third-order valence-electron chi connectivity index (χ3n) is 4.13. The molecule has 124 valence electrons. The number of hydrogen-bond acceptors (Lipinski definition) is 2. The summed E-state index contributed by atoms with van der Waals surface area (Å²) in [4.78, 5) is 24.0. The van der Waals surface area contributed by atoms with E-state index in [1.807, 2.05) is 18.2 Å². The van der Waals surface area contributed by atoms with Gasteiger partial charge in [0.15, 0.2) is 0 Å². The molecule has 0 fully saturated rings. The molecular formula is C18H18FN3O2. The molecule has 0 aliphatic carbocycles. The molecule has 6 heteroatoms. The molecule has 3 rings (SSSR count). The average molecular weight is 327 g/mol. The van der Waals surface area contributed by atoms with Crippen LogP contribution < -0.4 is 11.0 Å². The van der Waals surface area contributed by atoms with E-state index in [2.05, 4.69) is 5.32 Å². The largest absolute Gasteiger partial charge is 0.352 e. The van der Waals surface area contributed by atoms with Crippen molar-refractivity contribution in [2.75, 3.05) is 0 Å². The molecule has 0 aliphatic heterocycles. The van der Waals surface area contributed by atoms with E-state index >= 15 is 0 Å². The normalized spacial score (nSPS) is 11.0. The molecule has 1 aromatic heterocycles. The van der Waals surface area contributed by atoms with E-state index in [9.17, 15) is 14.0 Å². The van der Waals surface area contributed by atoms with Crippen molar-refractivity contribution in [3.8, 4) is 0 Å². The fourth-order valence-corrected chi connectivity index (χ4v) is 2.75. The van der Waals surface area contributed by atoms with Crippen molar-refractivity contribution >= 4 is 16.9 Å². The average Bonchev–Trinajstić information content (AvgIpc) is 2.78. The molecule has 0 atom stereocenters. The van der Waals surface area contributed by atoms with Gasteiger partial charge in [0, 0.05) is 26.2 Å². The monoisotopic (exact) mass is 327 g/mol. The van der Waals surface area contributed by atoms with Crippen molar-refractivity contribution in [3.05, 3.63) is 69.9 Å². The number of carbonyl (C=O) groups excluding carboxylic acids is 1. The van der Waals surface area contributed by atoms with Gasteiger partial charge in [0.25, 0.3) is 0 Å². The van der Waals surface area contributed by atoms with Crippen LogP contribution in [0.2, 0.25) is 0 Å². The van der Waals surface area contributed by atoms with Crippen molar-refractivity contribution in [2.45, 2.75) is 13.0 Å². The minimum Gasteiger partial charge on any atom is -0.352 e. The van der Waals surface area contributed by atoms with Gasteiger partial charge in [-0.1, -0.05) is 24.3 Å². The highest BCUT2D eigenvalue weighted by molar-refractivity contribution is 5.82. The van der Waals surface area contributed by atoms with Gasteiger partial charge in [0.2, 0.25) is 5.91 Å². The van der Waals surface area contributed by atoms with Gasteiger partial charge in [-0.05, 0) is 23.8 Å². The summed E-state index contributed by atoms with van der Waals surface area (Å²) in [5.74, 6) is -0.531. The van der Waals surface area contributed by atoms with Crippen molar-refractivity contribution in [3.63, 3.8) is 0 Å². The van der Waals surface area contributed by atoms with Gasteiger partial charge in [-0.25, -0.2) is 9.18 Å². The molecule has 1 N–H and O–H groups in total. The summed E-state index contributed by atoms with van der Waals surface area (Å²) in [6.45, 7) is 0.150. The van der Waals surface area contributed by atoms with Crippen LogP contribution in [0, 0.1) is 5.82 Å². The third-order valence-corrected chi connectivity index (χ3v) is 4.13. The molecule has 0 radical (unpaired) electrons. The first-order valence-corrected chi connectivity index (χ1v) is 7.62. The highest BCUT2D eigenvalue weighted by Gasteiger charge is 2.10. The standard InChI is InChI=1S/C18H18FN3O2/c1-21-15-8-7-12(9-16(15)22(2)18(21)24)10-17(23)20-11-13-5-3-4-6-14(13)19/h3-9H,10-11H2,1-2H3,(H,20,23). The maximum absolute atomic E-state index is 13.5. The zero-order valence-corrected chi connectivity index (χ0v) is 13.5. The Bertz CT molecular complexity index is 972. The van der Waals surface area contributed by atoms with Crippen LogP contribution in [-0.2, 0) is 31.9 Å². The predicted octanol–water partition coefficient (Wildman–Crippen LogP) is 1.87. The summed E-state index contributed by atoms with van der Waals surface area (Å²) < 4.78 is 16.7. The van der Waals surface area contributed by atoms with Gasteiger partial charge in [-0.3, -0.25) is 13.9 Å². The van der Waals surface area contributed by atoms with Gasteiger partial charge >= 0.3 is 5.69 Å². The van der Waals surface area contributed by atoms with Gasteiger partial charge in [-0.2, -0.15) is 0 Å².